The van der Waals surface area contributed by atoms with Crippen LogP contribution in [0.5, 0.6) is 0 Å². The molecule has 0 radical (unpaired) electrons. The monoisotopic (exact) mass is 497 g/mol. The largest absolute Gasteiger partial charge is 0.356 e. The summed E-state index contributed by atoms with van der Waals surface area (Å²) < 4.78 is 3.20. The third kappa shape index (κ3) is 4.16. The first-order valence-electron chi connectivity index (χ1n) is 12.0. The van der Waals surface area contributed by atoms with E-state index in [1.165, 1.54) is 0 Å². The van der Waals surface area contributed by atoms with E-state index in [1.807, 2.05) is 36.7 Å². The molecule has 2 aromatic heterocycles. The predicted octanol–water partition coefficient (Wildman–Crippen LogP) is 6.82. The van der Waals surface area contributed by atoms with Crippen molar-refractivity contribution in [3.63, 3.8) is 0 Å². The number of fused-ring (bicyclic) bond motifs is 1. The second-order valence-electron chi connectivity index (χ2n) is 8.75. The molecule has 0 saturated carbocycles. The Labute approximate surface area is 219 Å². The van der Waals surface area contributed by atoms with Crippen molar-refractivity contribution < 1.29 is 0 Å². The molecule has 2 heterocycles. The topological polar surface area (TPSA) is 66.5 Å². The molecule has 0 spiro atoms. The Morgan fingerprint density at radius 1 is 0.811 bits per heavy atom. The molecule has 0 fully saturated rings. The second kappa shape index (κ2) is 9.73. The molecule has 0 atom stereocenters. The molecule has 0 unspecified atom stereocenters. The molecule has 1 N–H and O–H groups in total. The normalized spacial score (nSPS) is 11.3. The van der Waals surface area contributed by atoms with Gasteiger partial charge in [-0.2, -0.15) is 5.26 Å². The van der Waals surface area contributed by atoms with Crippen LogP contribution < -0.4 is 5.32 Å². The number of benzene rings is 4. The highest BCUT2D eigenvalue weighted by molar-refractivity contribution is 7.22. The molecule has 178 valence electrons. The van der Waals surface area contributed by atoms with E-state index in [-0.39, 0.29) is 0 Å². The Hall–Kier alpha value is -4.73. The number of nitriles is 1. The van der Waals surface area contributed by atoms with Crippen LogP contribution in [-0.4, -0.2) is 14.5 Å². The van der Waals surface area contributed by atoms with Crippen molar-refractivity contribution in [2.45, 2.75) is 12.1 Å². The van der Waals surface area contributed by atoms with Crippen LogP contribution in [0.1, 0.15) is 27.9 Å². The number of hydrogen-bond acceptors (Lipinski definition) is 5. The Kier molecular flexibility index (Phi) is 5.97. The van der Waals surface area contributed by atoms with Gasteiger partial charge in [0.1, 0.15) is 5.54 Å². The van der Waals surface area contributed by atoms with E-state index in [9.17, 15) is 5.26 Å². The van der Waals surface area contributed by atoms with Crippen LogP contribution in [0.2, 0.25) is 0 Å². The zero-order valence-corrected chi connectivity index (χ0v) is 20.8. The summed E-state index contributed by atoms with van der Waals surface area (Å²) in [5.74, 6) is 0. The molecule has 0 aliphatic heterocycles. The van der Waals surface area contributed by atoms with E-state index in [4.69, 9.17) is 4.98 Å². The van der Waals surface area contributed by atoms with Gasteiger partial charge in [0.2, 0.25) is 0 Å². The lowest BCUT2D eigenvalue weighted by Crippen LogP contribution is -2.36. The summed E-state index contributed by atoms with van der Waals surface area (Å²) in [5.41, 5.74) is 5.31. The van der Waals surface area contributed by atoms with E-state index in [2.05, 4.69) is 99.9 Å². The van der Waals surface area contributed by atoms with E-state index in [0.717, 1.165) is 37.7 Å². The fourth-order valence-electron chi connectivity index (χ4n) is 4.86. The minimum absolute atomic E-state index is 0.534. The molecule has 6 aromatic rings. The van der Waals surface area contributed by atoms with E-state index >= 15 is 0 Å². The van der Waals surface area contributed by atoms with Gasteiger partial charge in [0, 0.05) is 6.20 Å². The Balaban J connectivity index is 1.40. The fraction of sp³-hybridized carbons (Fsp3) is 0.0645. The van der Waals surface area contributed by atoms with Crippen molar-refractivity contribution in [3.8, 4) is 6.07 Å². The van der Waals surface area contributed by atoms with Gasteiger partial charge in [0.25, 0.3) is 0 Å². The maximum Gasteiger partial charge on any atom is 0.184 e. The van der Waals surface area contributed by atoms with Crippen molar-refractivity contribution >= 4 is 26.7 Å². The Morgan fingerprint density at radius 3 is 1.97 bits per heavy atom. The average molecular weight is 498 g/mol. The SMILES string of the molecule is N#Cc1ccc2nc(NCc3cn(C(c4ccccc4)(c4ccccc4)c4ccccc4)cn3)sc2c1. The van der Waals surface area contributed by atoms with Crippen molar-refractivity contribution in [3.05, 3.63) is 150 Å². The maximum absolute atomic E-state index is 9.18. The van der Waals surface area contributed by atoms with Crippen molar-refractivity contribution in [2.75, 3.05) is 5.32 Å². The molecule has 5 nitrogen and oxygen atoms in total. The molecule has 0 aliphatic rings. The first-order valence-corrected chi connectivity index (χ1v) is 12.8. The molecule has 0 saturated heterocycles. The molecular formula is C31H23N5S. The number of thiazole rings is 1. The van der Waals surface area contributed by atoms with Gasteiger partial charge < -0.3 is 9.88 Å². The third-order valence-electron chi connectivity index (χ3n) is 6.54. The number of nitrogens with zero attached hydrogens (tertiary/aromatic N) is 4. The highest BCUT2D eigenvalue weighted by Crippen LogP contribution is 2.40. The molecule has 6 rings (SSSR count). The van der Waals surface area contributed by atoms with Gasteiger partial charge in [0.15, 0.2) is 5.13 Å². The van der Waals surface area contributed by atoms with Crippen LogP contribution in [0.15, 0.2) is 122 Å². The number of imidazole rings is 1. The zero-order chi connectivity index (χ0) is 25.1. The number of rotatable bonds is 7. The Morgan fingerprint density at radius 2 is 1.41 bits per heavy atom. The summed E-state index contributed by atoms with van der Waals surface area (Å²) in [6.07, 6.45) is 4.03. The van der Waals surface area contributed by atoms with Gasteiger partial charge in [-0.25, -0.2) is 9.97 Å². The van der Waals surface area contributed by atoms with Crippen LogP contribution in [0.25, 0.3) is 10.2 Å². The summed E-state index contributed by atoms with van der Waals surface area (Å²) in [7, 11) is 0. The lowest BCUT2D eigenvalue weighted by atomic mass is 9.77. The van der Waals surface area contributed by atoms with E-state index in [1.54, 1.807) is 17.4 Å². The van der Waals surface area contributed by atoms with Crippen LogP contribution in [-0.2, 0) is 12.1 Å². The summed E-state index contributed by atoms with van der Waals surface area (Å²) in [5, 5.41) is 13.4. The summed E-state index contributed by atoms with van der Waals surface area (Å²) in [4.78, 5) is 9.45. The van der Waals surface area contributed by atoms with Gasteiger partial charge in [0.05, 0.1) is 40.4 Å². The average Bonchev–Trinajstić information content (AvgIpc) is 3.61. The van der Waals surface area contributed by atoms with Gasteiger partial charge in [-0.05, 0) is 34.9 Å². The van der Waals surface area contributed by atoms with Crippen molar-refractivity contribution in [1.29, 1.82) is 5.26 Å². The predicted molar refractivity (Wildman–Crippen MR) is 148 cm³/mol. The van der Waals surface area contributed by atoms with Crippen molar-refractivity contribution in [1.82, 2.24) is 14.5 Å². The van der Waals surface area contributed by atoms with Gasteiger partial charge in [-0.1, -0.05) is 102 Å². The first kappa shape index (κ1) is 22.7. The minimum Gasteiger partial charge on any atom is -0.356 e. The molecule has 0 bridgehead atoms. The number of hydrogen-bond donors (Lipinski definition) is 1. The summed E-state index contributed by atoms with van der Waals surface area (Å²) in [6.45, 7) is 0.534. The summed E-state index contributed by atoms with van der Waals surface area (Å²) >= 11 is 1.54. The molecule has 0 aliphatic carbocycles. The smallest absolute Gasteiger partial charge is 0.184 e. The highest BCUT2D eigenvalue weighted by Gasteiger charge is 2.38. The quantitative estimate of drug-likeness (QED) is 0.246. The van der Waals surface area contributed by atoms with E-state index < -0.39 is 5.54 Å². The van der Waals surface area contributed by atoms with Gasteiger partial charge in [-0.3, -0.25) is 0 Å². The van der Waals surface area contributed by atoms with Crippen molar-refractivity contribution in [2.24, 2.45) is 0 Å². The third-order valence-corrected chi connectivity index (χ3v) is 7.51. The van der Waals surface area contributed by atoms with Gasteiger partial charge in [-0.15, -0.1) is 0 Å². The number of aromatic nitrogens is 3. The van der Waals surface area contributed by atoms with Crippen LogP contribution in [0.3, 0.4) is 0 Å². The minimum atomic E-state index is -0.585. The maximum atomic E-state index is 9.18. The number of nitrogens with one attached hydrogen (secondary N) is 1. The zero-order valence-electron chi connectivity index (χ0n) is 20.0. The molecule has 37 heavy (non-hydrogen) atoms. The van der Waals surface area contributed by atoms with Crippen LogP contribution in [0.4, 0.5) is 5.13 Å². The Bertz CT molecular complexity index is 1590. The summed E-state index contributed by atoms with van der Waals surface area (Å²) in [6, 6.07) is 39.4. The molecule has 4 aromatic carbocycles. The highest BCUT2D eigenvalue weighted by atomic mass is 32.1. The lowest BCUT2D eigenvalue weighted by molar-refractivity contribution is 0.514. The first-order chi connectivity index (χ1) is 18.3. The van der Waals surface area contributed by atoms with Crippen LogP contribution in [0, 0.1) is 11.3 Å². The van der Waals surface area contributed by atoms with E-state index in [0.29, 0.717) is 12.1 Å². The number of anilines is 1. The lowest BCUT2D eigenvalue weighted by Gasteiger charge is -2.37. The molecular weight excluding hydrogens is 474 g/mol. The molecule has 6 heteroatoms. The fourth-order valence-corrected chi connectivity index (χ4v) is 5.76. The van der Waals surface area contributed by atoms with Gasteiger partial charge >= 0.3 is 0 Å². The standard InChI is InChI=1S/C31H23N5S/c32-19-23-16-17-28-29(18-23)37-30(35-28)33-20-27-21-36(22-34-27)31(24-10-4-1-5-11-24,25-12-6-2-7-13-25)26-14-8-3-9-15-26/h1-18,21-22H,20H2,(H,33,35). The second-order valence-corrected chi connectivity index (χ2v) is 9.78. The van der Waals surface area contributed by atoms with Crippen LogP contribution >= 0.6 is 11.3 Å². The molecule has 0 amide bonds.